The van der Waals surface area contributed by atoms with Crippen molar-refractivity contribution in [3.8, 4) is 67.5 Å². The first-order chi connectivity index (χ1) is 35.7. The first-order valence-electron chi connectivity index (χ1n) is 24.7. The Kier molecular flexibility index (Phi) is 8.06. The number of nitrogens with zero attached hydrogens (tertiary/aromatic N) is 3. The van der Waals surface area contributed by atoms with Crippen molar-refractivity contribution in [2.24, 2.45) is 0 Å². The number of furan rings is 1. The lowest BCUT2D eigenvalue weighted by atomic mass is 9.70. The van der Waals surface area contributed by atoms with Gasteiger partial charge in [0.1, 0.15) is 11.2 Å². The van der Waals surface area contributed by atoms with Gasteiger partial charge in [0.05, 0.1) is 5.41 Å². The van der Waals surface area contributed by atoms with Crippen molar-refractivity contribution in [2.75, 3.05) is 0 Å². The molecule has 0 bridgehead atoms. The Morgan fingerprint density at radius 1 is 0.264 bits per heavy atom. The highest BCUT2D eigenvalue weighted by molar-refractivity contribution is 6.31. The van der Waals surface area contributed by atoms with E-state index in [1.807, 2.05) is 6.07 Å². The molecule has 16 rings (SSSR count). The van der Waals surface area contributed by atoms with Crippen molar-refractivity contribution in [1.82, 2.24) is 15.0 Å². The number of fused-ring (bicyclic) bond motifs is 21. The molecule has 0 fully saturated rings. The van der Waals surface area contributed by atoms with Crippen LogP contribution in [0.2, 0.25) is 0 Å². The van der Waals surface area contributed by atoms with Gasteiger partial charge in [-0.2, -0.15) is 0 Å². The third-order valence-corrected chi connectivity index (χ3v) is 15.7. The van der Waals surface area contributed by atoms with E-state index in [1.54, 1.807) is 0 Å². The Morgan fingerprint density at radius 2 is 0.764 bits per heavy atom. The zero-order valence-corrected chi connectivity index (χ0v) is 38.8. The summed E-state index contributed by atoms with van der Waals surface area (Å²) in [5.74, 6) is 1.79. The fraction of sp³-hybridized carbons (Fsp3) is 0.0147. The van der Waals surface area contributed by atoms with E-state index in [2.05, 4.69) is 231 Å². The zero-order valence-electron chi connectivity index (χ0n) is 38.8. The Hall–Kier alpha value is -9.51. The maximum atomic E-state index is 6.99. The summed E-state index contributed by atoms with van der Waals surface area (Å²) in [5, 5.41) is 11.7. The van der Waals surface area contributed by atoms with E-state index >= 15 is 0 Å². The molecule has 0 unspecified atom stereocenters. The molecule has 4 nitrogen and oxygen atoms in total. The highest BCUT2D eigenvalue weighted by Gasteiger charge is 2.51. The van der Waals surface area contributed by atoms with Crippen molar-refractivity contribution in [1.29, 1.82) is 0 Å². The second kappa shape index (κ2) is 14.8. The van der Waals surface area contributed by atoms with Crippen LogP contribution in [0.25, 0.3) is 133 Å². The molecule has 0 N–H and O–H groups in total. The lowest BCUT2D eigenvalue weighted by Gasteiger charge is -2.30. The number of hydrogen-bond acceptors (Lipinski definition) is 4. The molecule has 0 radical (unpaired) electrons. The monoisotopic (exact) mass is 913 g/mol. The smallest absolute Gasteiger partial charge is 0.164 e. The van der Waals surface area contributed by atoms with Crippen LogP contribution in [-0.4, -0.2) is 15.0 Å². The normalized spacial score (nSPS) is 13.1. The minimum atomic E-state index is -0.478. The SMILES string of the molecule is c1ccc(-c2ccc(-c3nc(-c4ccc5ccc6c7ccccc7c7ccccc7c6c5c4)nc(-c4cccc5oc6cc7c(cc6c45)-c4ccccc4C74c5ccccc5-c5ccccc54)n3)cc2)cc1. The standard InChI is InChI=1S/C68H39N3O/c1-2-15-40(16-3-1)41-29-32-43(33-30-41)65-69-66(44-34-31-42-35-36-52-47-19-5-4-17-45(47)46-18-6-7-23-51(46)63(52)54(42)37-44)71-67(70-65)53-24-14-28-61-64(53)56-38-55-50-22-10-13-27-59(50)68(60(55)39-62(56)72-61)57-25-11-8-20-48(57)49-21-9-12-26-58(49)68/h1-39H. The van der Waals surface area contributed by atoms with Crippen molar-refractivity contribution in [3.63, 3.8) is 0 Å². The van der Waals surface area contributed by atoms with Crippen LogP contribution >= 0.6 is 0 Å². The molecular formula is C68H39N3O. The third kappa shape index (κ3) is 5.38. The summed E-state index contributed by atoms with van der Waals surface area (Å²) in [4.78, 5) is 16.2. The largest absolute Gasteiger partial charge is 0.456 e. The van der Waals surface area contributed by atoms with Crippen molar-refractivity contribution in [3.05, 3.63) is 259 Å². The molecule has 72 heavy (non-hydrogen) atoms. The molecule has 0 saturated heterocycles. The molecule has 4 heteroatoms. The molecule has 0 amide bonds. The predicted octanol–water partition coefficient (Wildman–Crippen LogP) is 17.4. The van der Waals surface area contributed by atoms with E-state index < -0.39 is 5.41 Å². The van der Waals surface area contributed by atoms with Crippen LogP contribution in [0.15, 0.2) is 241 Å². The molecule has 0 saturated carbocycles. The predicted molar refractivity (Wildman–Crippen MR) is 295 cm³/mol. The highest BCUT2D eigenvalue weighted by Crippen LogP contribution is 2.63. The molecule has 2 aliphatic carbocycles. The van der Waals surface area contributed by atoms with Crippen LogP contribution in [0, 0.1) is 0 Å². The van der Waals surface area contributed by atoms with Gasteiger partial charge >= 0.3 is 0 Å². The van der Waals surface area contributed by atoms with Gasteiger partial charge in [0, 0.05) is 27.5 Å². The topological polar surface area (TPSA) is 51.8 Å². The maximum Gasteiger partial charge on any atom is 0.164 e. The van der Waals surface area contributed by atoms with Gasteiger partial charge in [0.25, 0.3) is 0 Å². The van der Waals surface area contributed by atoms with Crippen molar-refractivity contribution < 1.29 is 4.42 Å². The van der Waals surface area contributed by atoms with Gasteiger partial charge in [-0.25, -0.2) is 15.0 Å². The van der Waals surface area contributed by atoms with Crippen LogP contribution < -0.4 is 0 Å². The fourth-order valence-electron chi connectivity index (χ4n) is 12.7. The van der Waals surface area contributed by atoms with Gasteiger partial charge in [-0.1, -0.05) is 212 Å². The molecule has 2 aromatic heterocycles. The average molecular weight is 914 g/mol. The molecular weight excluding hydrogens is 875 g/mol. The summed E-state index contributed by atoms with van der Waals surface area (Å²) < 4.78 is 6.99. The van der Waals surface area contributed by atoms with Gasteiger partial charge in [-0.3, -0.25) is 0 Å². The van der Waals surface area contributed by atoms with Crippen LogP contribution in [-0.2, 0) is 5.41 Å². The molecule has 0 aliphatic heterocycles. The Morgan fingerprint density at radius 3 is 1.46 bits per heavy atom. The van der Waals surface area contributed by atoms with Gasteiger partial charge in [-0.05, 0) is 123 Å². The van der Waals surface area contributed by atoms with E-state index in [4.69, 9.17) is 19.4 Å². The maximum absolute atomic E-state index is 6.99. The summed E-state index contributed by atoms with van der Waals surface area (Å²) in [6, 6.07) is 85.5. The van der Waals surface area contributed by atoms with Gasteiger partial charge in [0.15, 0.2) is 17.5 Å². The van der Waals surface area contributed by atoms with Gasteiger partial charge in [-0.15, -0.1) is 0 Å². The lowest BCUT2D eigenvalue weighted by molar-refractivity contribution is 0.666. The molecule has 2 aliphatic rings. The van der Waals surface area contributed by atoms with E-state index in [0.717, 1.165) is 60.5 Å². The van der Waals surface area contributed by atoms with E-state index in [9.17, 15) is 0 Å². The molecule has 2 heterocycles. The number of benzene rings is 12. The molecule has 1 spiro atoms. The van der Waals surface area contributed by atoms with Crippen molar-refractivity contribution >= 4 is 65.0 Å². The first kappa shape index (κ1) is 39.3. The van der Waals surface area contributed by atoms with Crippen LogP contribution in [0.4, 0.5) is 0 Å². The van der Waals surface area contributed by atoms with E-state index in [0.29, 0.717) is 17.5 Å². The molecule has 0 atom stereocenters. The summed E-state index contributed by atoms with van der Waals surface area (Å²) in [7, 11) is 0. The Labute approximate surface area is 414 Å². The number of rotatable bonds is 4. The quantitative estimate of drug-likeness (QED) is 0.165. The highest BCUT2D eigenvalue weighted by atomic mass is 16.3. The second-order valence-corrected chi connectivity index (χ2v) is 19.3. The third-order valence-electron chi connectivity index (χ3n) is 15.7. The van der Waals surface area contributed by atoms with E-state index in [1.165, 1.54) is 76.8 Å². The molecule has 332 valence electrons. The summed E-state index contributed by atoms with van der Waals surface area (Å²) in [6.45, 7) is 0. The second-order valence-electron chi connectivity index (χ2n) is 19.3. The van der Waals surface area contributed by atoms with Gasteiger partial charge in [0.2, 0.25) is 0 Å². The fourth-order valence-corrected chi connectivity index (χ4v) is 12.7. The minimum Gasteiger partial charge on any atom is -0.456 e. The Bertz CT molecular complexity index is 4550. The van der Waals surface area contributed by atoms with Crippen molar-refractivity contribution in [2.45, 2.75) is 5.41 Å². The lowest BCUT2D eigenvalue weighted by Crippen LogP contribution is -2.25. The average Bonchev–Trinajstić information content (AvgIpc) is 4.08. The molecule has 14 aromatic rings. The summed E-state index contributed by atoms with van der Waals surface area (Å²) in [5.41, 5.74) is 16.3. The summed E-state index contributed by atoms with van der Waals surface area (Å²) in [6.07, 6.45) is 0. The van der Waals surface area contributed by atoms with Crippen LogP contribution in [0.5, 0.6) is 0 Å². The minimum absolute atomic E-state index is 0.478. The number of aromatic nitrogens is 3. The molecule has 12 aromatic carbocycles. The zero-order chi connectivity index (χ0) is 47.1. The van der Waals surface area contributed by atoms with E-state index in [-0.39, 0.29) is 0 Å². The number of hydrogen-bond donors (Lipinski definition) is 0. The van der Waals surface area contributed by atoms with Crippen LogP contribution in [0.1, 0.15) is 22.3 Å². The Balaban J connectivity index is 0.933. The first-order valence-corrected chi connectivity index (χ1v) is 24.7. The summed E-state index contributed by atoms with van der Waals surface area (Å²) >= 11 is 0. The van der Waals surface area contributed by atoms with Crippen LogP contribution in [0.3, 0.4) is 0 Å². The van der Waals surface area contributed by atoms with Gasteiger partial charge < -0.3 is 4.42 Å².